The van der Waals surface area contributed by atoms with E-state index in [2.05, 4.69) is 5.32 Å². The maximum absolute atomic E-state index is 13.1. The van der Waals surface area contributed by atoms with Crippen molar-refractivity contribution in [2.75, 3.05) is 5.32 Å². The molecule has 0 saturated heterocycles. The van der Waals surface area contributed by atoms with E-state index in [1.807, 2.05) is 6.92 Å². The monoisotopic (exact) mass is 258 g/mol. The number of rotatable bonds is 5. The maximum atomic E-state index is 13.1. The van der Waals surface area contributed by atoms with Gasteiger partial charge in [0, 0.05) is 18.2 Å². The molecular formula is C12H16ClFN2O. The Morgan fingerprint density at radius 2 is 2.29 bits per heavy atom. The molecule has 0 radical (unpaired) electrons. The minimum atomic E-state index is -0.553. The summed E-state index contributed by atoms with van der Waals surface area (Å²) < 4.78 is 13.1. The van der Waals surface area contributed by atoms with Gasteiger partial charge in [-0.05, 0) is 24.6 Å². The SMILES string of the molecule is CCCC(N)CC(=O)Nc1ccc(Cl)c(F)c1. The molecule has 1 unspecified atom stereocenters. The second kappa shape index (κ2) is 6.57. The van der Waals surface area contributed by atoms with Crippen LogP contribution in [-0.4, -0.2) is 11.9 Å². The van der Waals surface area contributed by atoms with E-state index in [1.165, 1.54) is 12.1 Å². The van der Waals surface area contributed by atoms with Crippen LogP contribution in [0.5, 0.6) is 0 Å². The van der Waals surface area contributed by atoms with Crippen molar-refractivity contribution in [3.8, 4) is 0 Å². The molecule has 0 aliphatic heterocycles. The molecule has 0 aliphatic carbocycles. The lowest BCUT2D eigenvalue weighted by molar-refractivity contribution is -0.116. The molecule has 3 N–H and O–H groups in total. The lowest BCUT2D eigenvalue weighted by atomic mass is 10.1. The molecule has 1 aromatic rings. The molecule has 0 heterocycles. The molecule has 1 rings (SSSR count). The number of hydrogen-bond acceptors (Lipinski definition) is 2. The van der Waals surface area contributed by atoms with E-state index in [-0.39, 0.29) is 23.4 Å². The van der Waals surface area contributed by atoms with Gasteiger partial charge in [0.1, 0.15) is 5.82 Å². The zero-order chi connectivity index (χ0) is 12.8. The van der Waals surface area contributed by atoms with E-state index in [9.17, 15) is 9.18 Å². The summed E-state index contributed by atoms with van der Waals surface area (Å²) in [4.78, 5) is 11.5. The molecule has 0 aromatic heterocycles. The van der Waals surface area contributed by atoms with Gasteiger partial charge in [-0.1, -0.05) is 24.9 Å². The summed E-state index contributed by atoms with van der Waals surface area (Å²) in [5.41, 5.74) is 6.13. The fraction of sp³-hybridized carbons (Fsp3) is 0.417. The molecule has 0 saturated carbocycles. The van der Waals surface area contributed by atoms with Crippen molar-refractivity contribution in [1.29, 1.82) is 0 Å². The summed E-state index contributed by atoms with van der Waals surface area (Å²) >= 11 is 5.54. The smallest absolute Gasteiger partial charge is 0.225 e. The molecule has 94 valence electrons. The maximum Gasteiger partial charge on any atom is 0.225 e. The number of amides is 1. The molecule has 5 heteroatoms. The highest BCUT2D eigenvalue weighted by molar-refractivity contribution is 6.30. The van der Waals surface area contributed by atoms with Gasteiger partial charge in [-0.3, -0.25) is 4.79 Å². The molecule has 1 amide bonds. The number of carbonyl (C=O) groups is 1. The fourth-order valence-corrected chi connectivity index (χ4v) is 1.61. The molecule has 17 heavy (non-hydrogen) atoms. The van der Waals surface area contributed by atoms with E-state index in [4.69, 9.17) is 17.3 Å². The Bertz CT molecular complexity index is 398. The van der Waals surface area contributed by atoms with Crippen LogP contribution in [0.2, 0.25) is 5.02 Å². The second-order valence-electron chi connectivity index (χ2n) is 3.93. The minimum absolute atomic E-state index is 0.0330. The van der Waals surface area contributed by atoms with Crippen molar-refractivity contribution in [2.45, 2.75) is 32.2 Å². The Morgan fingerprint density at radius 1 is 1.59 bits per heavy atom. The summed E-state index contributed by atoms with van der Waals surface area (Å²) in [5, 5.41) is 2.61. The fourth-order valence-electron chi connectivity index (χ4n) is 1.50. The Morgan fingerprint density at radius 3 is 2.88 bits per heavy atom. The van der Waals surface area contributed by atoms with Crippen LogP contribution in [0.1, 0.15) is 26.2 Å². The van der Waals surface area contributed by atoms with Gasteiger partial charge in [0.2, 0.25) is 5.91 Å². The van der Waals surface area contributed by atoms with E-state index >= 15 is 0 Å². The highest BCUT2D eigenvalue weighted by Crippen LogP contribution is 2.18. The molecule has 1 aromatic carbocycles. The van der Waals surface area contributed by atoms with Gasteiger partial charge >= 0.3 is 0 Å². The van der Waals surface area contributed by atoms with E-state index < -0.39 is 5.82 Å². The summed E-state index contributed by atoms with van der Waals surface area (Å²) in [6.45, 7) is 2.01. The third-order valence-corrected chi connectivity index (χ3v) is 2.62. The summed E-state index contributed by atoms with van der Waals surface area (Å²) in [6, 6.07) is 3.98. The highest BCUT2D eigenvalue weighted by Gasteiger charge is 2.09. The molecule has 0 aliphatic rings. The number of nitrogens with two attached hydrogens (primary N) is 1. The van der Waals surface area contributed by atoms with Crippen molar-refractivity contribution in [3.63, 3.8) is 0 Å². The van der Waals surface area contributed by atoms with Crippen LogP contribution in [-0.2, 0) is 4.79 Å². The Labute approximate surface area is 105 Å². The van der Waals surface area contributed by atoms with Gasteiger partial charge in [0.15, 0.2) is 0 Å². The minimum Gasteiger partial charge on any atom is -0.327 e. The van der Waals surface area contributed by atoms with Gasteiger partial charge in [-0.2, -0.15) is 0 Å². The molecule has 0 bridgehead atoms. The topological polar surface area (TPSA) is 55.1 Å². The standard InChI is InChI=1S/C12H16ClFN2O/c1-2-3-8(15)6-12(17)16-9-4-5-10(13)11(14)7-9/h4-5,7-8H,2-3,6,15H2,1H3,(H,16,17). The molecule has 3 nitrogen and oxygen atoms in total. The quantitative estimate of drug-likeness (QED) is 0.853. The van der Waals surface area contributed by atoms with Crippen LogP contribution < -0.4 is 11.1 Å². The number of hydrogen-bond donors (Lipinski definition) is 2. The third-order valence-electron chi connectivity index (χ3n) is 2.31. The normalized spacial score (nSPS) is 12.2. The Kier molecular flexibility index (Phi) is 5.38. The molecule has 0 spiro atoms. The third kappa shape index (κ3) is 4.71. The van der Waals surface area contributed by atoms with Crippen LogP contribution in [0.3, 0.4) is 0 Å². The zero-order valence-corrected chi connectivity index (χ0v) is 10.4. The van der Waals surface area contributed by atoms with Crippen LogP contribution in [0.15, 0.2) is 18.2 Å². The van der Waals surface area contributed by atoms with Gasteiger partial charge in [-0.25, -0.2) is 4.39 Å². The van der Waals surface area contributed by atoms with Gasteiger partial charge in [-0.15, -0.1) is 0 Å². The number of benzene rings is 1. The highest BCUT2D eigenvalue weighted by atomic mass is 35.5. The van der Waals surface area contributed by atoms with Crippen LogP contribution in [0.4, 0.5) is 10.1 Å². The predicted molar refractivity (Wildman–Crippen MR) is 67.5 cm³/mol. The Balaban J connectivity index is 2.53. The van der Waals surface area contributed by atoms with Crippen molar-refractivity contribution < 1.29 is 9.18 Å². The number of anilines is 1. The van der Waals surface area contributed by atoms with E-state index in [0.29, 0.717) is 5.69 Å². The Hall–Kier alpha value is -1.13. The second-order valence-corrected chi connectivity index (χ2v) is 4.34. The van der Waals surface area contributed by atoms with Crippen LogP contribution >= 0.6 is 11.6 Å². The van der Waals surface area contributed by atoms with Gasteiger partial charge in [0.25, 0.3) is 0 Å². The lowest BCUT2D eigenvalue weighted by Gasteiger charge is -2.10. The van der Waals surface area contributed by atoms with Gasteiger partial charge < -0.3 is 11.1 Å². The summed E-state index contributed by atoms with van der Waals surface area (Å²) in [7, 11) is 0. The van der Waals surface area contributed by atoms with Crippen LogP contribution in [0.25, 0.3) is 0 Å². The van der Waals surface area contributed by atoms with Crippen molar-refractivity contribution in [3.05, 3.63) is 29.0 Å². The molecular weight excluding hydrogens is 243 g/mol. The van der Waals surface area contributed by atoms with Crippen molar-refractivity contribution in [2.24, 2.45) is 5.73 Å². The first-order valence-corrected chi connectivity index (χ1v) is 5.91. The van der Waals surface area contributed by atoms with Gasteiger partial charge in [0.05, 0.1) is 5.02 Å². The first-order chi connectivity index (χ1) is 8.02. The van der Waals surface area contributed by atoms with Crippen molar-refractivity contribution in [1.82, 2.24) is 0 Å². The lowest BCUT2D eigenvalue weighted by Crippen LogP contribution is -2.26. The van der Waals surface area contributed by atoms with Crippen molar-refractivity contribution >= 4 is 23.2 Å². The predicted octanol–water partition coefficient (Wildman–Crippen LogP) is 2.94. The van der Waals surface area contributed by atoms with Crippen LogP contribution in [0, 0.1) is 5.82 Å². The van der Waals surface area contributed by atoms with E-state index in [0.717, 1.165) is 12.8 Å². The largest absolute Gasteiger partial charge is 0.327 e. The average molecular weight is 259 g/mol. The first kappa shape index (κ1) is 13.9. The molecule has 0 fully saturated rings. The summed E-state index contributed by atoms with van der Waals surface area (Å²) in [5.74, 6) is -0.769. The average Bonchev–Trinajstić information content (AvgIpc) is 2.23. The zero-order valence-electron chi connectivity index (χ0n) is 9.67. The number of nitrogens with one attached hydrogen (secondary N) is 1. The summed E-state index contributed by atoms with van der Waals surface area (Å²) in [6.07, 6.45) is 1.96. The first-order valence-electron chi connectivity index (χ1n) is 5.53. The number of halogens is 2. The van der Waals surface area contributed by atoms with E-state index in [1.54, 1.807) is 6.07 Å². The molecule has 1 atom stereocenters. The number of carbonyl (C=O) groups excluding carboxylic acids is 1.